The van der Waals surface area contributed by atoms with Crippen LogP contribution in [-0.2, 0) is 0 Å². The first-order valence-corrected chi connectivity index (χ1v) is 9.29. The van der Waals surface area contributed by atoms with Crippen molar-refractivity contribution in [3.63, 3.8) is 0 Å². The van der Waals surface area contributed by atoms with Crippen molar-refractivity contribution in [1.29, 1.82) is 0 Å². The van der Waals surface area contributed by atoms with Crippen LogP contribution in [0.2, 0.25) is 0 Å². The van der Waals surface area contributed by atoms with Crippen molar-refractivity contribution in [3.05, 3.63) is 60.2 Å². The second kappa shape index (κ2) is 7.96. The largest absolute Gasteiger partial charge is 0.618 e. The van der Waals surface area contributed by atoms with Gasteiger partial charge < -0.3 is 18.1 Å². The van der Waals surface area contributed by atoms with Gasteiger partial charge >= 0.3 is 18.2 Å². The molecule has 2 rings (SSSR count). The molecule has 0 saturated carbocycles. The van der Waals surface area contributed by atoms with E-state index in [-0.39, 0.29) is 0 Å². The minimum absolute atomic E-state index is 0.639. The second-order valence-corrected chi connectivity index (χ2v) is 5.96. The molecule has 0 amide bonds. The van der Waals surface area contributed by atoms with Crippen molar-refractivity contribution < 1.29 is 0 Å². The van der Waals surface area contributed by atoms with E-state index in [2.05, 4.69) is 55.5 Å². The van der Waals surface area contributed by atoms with Crippen LogP contribution in [0, 0.1) is 6.92 Å². The molecule has 16 heavy (non-hydrogen) atoms. The van der Waals surface area contributed by atoms with Crippen LogP contribution in [0.3, 0.4) is 0 Å². The molecular formula is C13H12Cl2Mg. The summed E-state index contributed by atoms with van der Waals surface area (Å²) in [5, 5.41) is 0. The van der Waals surface area contributed by atoms with E-state index in [0.29, 0.717) is 0 Å². The fourth-order valence-electron chi connectivity index (χ4n) is 1.38. The first-order valence-electron chi connectivity index (χ1n) is 5.02. The summed E-state index contributed by atoms with van der Waals surface area (Å²) in [5.74, 6) is 0. The summed E-state index contributed by atoms with van der Waals surface area (Å²) in [6, 6.07) is 19.0. The van der Waals surface area contributed by atoms with Gasteiger partial charge in [-0.25, -0.2) is 0 Å². The molecule has 0 aromatic heterocycles. The van der Waals surface area contributed by atoms with Crippen LogP contribution >= 0.6 is 18.1 Å². The summed E-state index contributed by atoms with van der Waals surface area (Å²) in [6.07, 6.45) is 0. The number of aryl methyl sites for hydroxylation is 1. The second-order valence-electron chi connectivity index (χ2n) is 3.33. The van der Waals surface area contributed by atoms with Crippen molar-refractivity contribution >= 4 is 36.3 Å². The van der Waals surface area contributed by atoms with Gasteiger partial charge in [-0.1, -0.05) is 60.2 Å². The number of benzene rings is 2. The molecule has 0 fully saturated rings. The van der Waals surface area contributed by atoms with Crippen LogP contribution in [-0.4, -0.2) is 18.2 Å². The molecule has 2 aromatic rings. The normalized spacial score (nSPS) is 8.69. The van der Waals surface area contributed by atoms with E-state index < -0.39 is 18.2 Å². The number of hydrogen-bond donors (Lipinski definition) is 0. The molecule has 0 aliphatic heterocycles. The summed E-state index contributed by atoms with van der Waals surface area (Å²) in [4.78, 5) is 0. The third-order valence-electron chi connectivity index (χ3n) is 2.16. The highest BCUT2D eigenvalue weighted by Crippen LogP contribution is 2.18. The number of halogens is 2. The fourth-order valence-corrected chi connectivity index (χ4v) is 1.38. The SMILES string of the molecule is Cc1ccc(-c2ccccc2)cc1.[Cl][Mg][Cl]. The summed E-state index contributed by atoms with van der Waals surface area (Å²) in [7, 11) is 9.81. The average Bonchev–Trinajstić information content (AvgIpc) is 2.32. The molecule has 3 heteroatoms. The van der Waals surface area contributed by atoms with Crippen molar-refractivity contribution in [2.24, 2.45) is 0 Å². The predicted molar refractivity (Wildman–Crippen MR) is 74.1 cm³/mol. The van der Waals surface area contributed by atoms with E-state index in [9.17, 15) is 0 Å². The van der Waals surface area contributed by atoms with Gasteiger partial charge in [-0.05, 0) is 18.1 Å². The third kappa shape index (κ3) is 4.75. The molecule has 0 aliphatic carbocycles. The third-order valence-corrected chi connectivity index (χ3v) is 2.16. The van der Waals surface area contributed by atoms with Crippen LogP contribution in [0.4, 0.5) is 0 Å². The lowest BCUT2D eigenvalue weighted by Crippen LogP contribution is -1.76. The van der Waals surface area contributed by atoms with E-state index in [0.717, 1.165) is 0 Å². The molecule has 0 spiro atoms. The van der Waals surface area contributed by atoms with Crippen LogP contribution < -0.4 is 0 Å². The summed E-state index contributed by atoms with van der Waals surface area (Å²) < 4.78 is 0. The quantitative estimate of drug-likeness (QED) is 0.656. The Kier molecular flexibility index (Phi) is 6.89. The van der Waals surface area contributed by atoms with Crippen molar-refractivity contribution in [1.82, 2.24) is 0 Å². The Morgan fingerprint density at radius 3 is 1.69 bits per heavy atom. The van der Waals surface area contributed by atoms with Gasteiger partial charge in [-0.15, -0.1) is 0 Å². The zero-order valence-electron chi connectivity index (χ0n) is 9.16. The molecule has 0 aliphatic rings. The van der Waals surface area contributed by atoms with Gasteiger partial charge in [0.25, 0.3) is 0 Å². The molecule has 0 atom stereocenters. The van der Waals surface area contributed by atoms with E-state index in [1.165, 1.54) is 16.7 Å². The number of hydrogen-bond acceptors (Lipinski definition) is 0. The lowest BCUT2D eigenvalue weighted by Gasteiger charge is -2.00. The molecule has 0 bridgehead atoms. The Bertz CT molecular complexity index is 398. The highest BCUT2D eigenvalue weighted by Gasteiger charge is 1.93. The molecule has 0 N–H and O–H groups in total. The van der Waals surface area contributed by atoms with Gasteiger partial charge in [0, 0.05) is 0 Å². The van der Waals surface area contributed by atoms with E-state index in [1.807, 2.05) is 6.07 Å². The molecular weight excluding hydrogens is 251 g/mol. The fraction of sp³-hybridized carbons (Fsp3) is 0.0769. The van der Waals surface area contributed by atoms with Gasteiger partial charge in [0.2, 0.25) is 0 Å². The molecule has 0 saturated heterocycles. The molecule has 0 unspecified atom stereocenters. The van der Waals surface area contributed by atoms with E-state index in [1.54, 1.807) is 0 Å². The standard InChI is InChI=1S/C13H12.2ClH.Mg/c1-11-7-9-13(10-8-11)12-5-3-2-4-6-12;;;/h2-10H,1H3;2*1H;/q;;;+2/p-2. The first kappa shape index (κ1) is 13.8. The summed E-state index contributed by atoms with van der Waals surface area (Å²) in [6.45, 7) is 2.11. The lowest BCUT2D eigenvalue weighted by molar-refractivity contribution is 1.47. The van der Waals surface area contributed by atoms with Crippen LogP contribution in [0.1, 0.15) is 5.56 Å². The highest BCUT2D eigenvalue weighted by molar-refractivity contribution is 7.22. The smallest absolute Gasteiger partial charge is 0.309 e. The lowest BCUT2D eigenvalue weighted by atomic mass is 10.0. The van der Waals surface area contributed by atoms with E-state index >= 15 is 0 Å². The Labute approximate surface area is 114 Å². The van der Waals surface area contributed by atoms with Gasteiger partial charge in [-0.3, -0.25) is 0 Å². The Morgan fingerprint density at radius 1 is 0.750 bits per heavy atom. The van der Waals surface area contributed by atoms with Crippen LogP contribution in [0.15, 0.2) is 54.6 Å². The Balaban J connectivity index is 0.000000386. The minimum atomic E-state index is -0.639. The highest BCUT2D eigenvalue weighted by atomic mass is 35.6. The monoisotopic (exact) mass is 262 g/mol. The van der Waals surface area contributed by atoms with Gasteiger partial charge in [-0.2, -0.15) is 0 Å². The Morgan fingerprint density at radius 2 is 1.19 bits per heavy atom. The topological polar surface area (TPSA) is 0 Å². The Hall–Kier alpha value is -0.214. The van der Waals surface area contributed by atoms with Gasteiger partial charge in [0.15, 0.2) is 0 Å². The average molecular weight is 263 g/mol. The maximum atomic E-state index is 4.90. The molecule has 0 nitrogen and oxygen atoms in total. The first-order chi connectivity index (χ1) is 7.77. The number of rotatable bonds is 1. The van der Waals surface area contributed by atoms with Crippen LogP contribution in [0.5, 0.6) is 0 Å². The minimum Gasteiger partial charge on any atom is -0.309 e. The van der Waals surface area contributed by atoms with Crippen molar-refractivity contribution in [3.8, 4) is 11.1 Å². The maximum absolute atomic E-state index is 4.90. The van der Waals surface area contributed by atoms with Gasteiger partial charge in [0.1, 0.15) is 0 Å². The zero-order valence-corrected chi connectivity index (χ0v) is 12.1. The molecule has 0 heterocycles. The molecule has 0 radical (unpaired) electrons. The zero-order chi connectivity index (χ0) is 11.8. The van der Waals surface area contributed by atoms with Gasteiger partial charge in [0.05, 0.1) is 0 Å². The maximum Gasteiger partial charge on any atom is 0.618 e. The molecule has 2 aromatic carbocycles. The van der Waals surface area contributed by atoms with E-state index in [4.69, 9.17) is 18.1 Å². The summed E-state index contributed by atoms with van der Waals surface area (Å²) >= 11 is -0.639. The summed E-state index contributed by atoms with van der Waals surface area (Å²) in [5.41, 5.74) is 3.87. The van der Waals surface area contributed by atoms with Crippen molar-refractivity contribution in [2.45, 2.75) is 6.92 Å². The predicted octanol–water partition coefficient (Wildman–Crippen LogP) is 4.66. The van der Waals surface area contributed by atoms with Crippen molar-refractivity contribution in [2.75, 3.05) is 0 Å². The molecule has 80 valence electrons. The van der Waals surface area contributed by atoms with Crippen LogP contribution in [0.25, 0.3) is 11.1 Å².